The highest BCUT2D eigenvalue weighted by atomic mass is 32.2. The summed E-state index contributed by atoms with van der Waals surface area (Å²) in [6.45, 7) is 0. The van der Waals surface area contributed by atoms with E-state index in [1.54, 1.807) is 25.2 Å². The second-order valence-corrected chi connectivity index (χ2v) is 4.07. The van der Waals surface area contributed by atoms with Crippen molar-refractivity contribution in [1.82, 2.24) is 5.32 Å². The molecule has 1 unspecified atom stereocenters. The van der Waals surface area contributed by atoms with Crippen molar-refractivity contribution in [2.24, 2.45) is 0 Å². The molecule has 0 fully saturated rings. The number of nitro benzene ring substituents is 1. The number of benzene rings is 1. The highest BCUT2D eigenvalue weighted by Crippen LogP contribution is 2.28. The van der Waals surface area contributed by atoms with E-state index >= 15 is 0 Å². The summed E-state index contributed by atoms with van der Waals surface area (Å²) in [6.07, 6.45) is 0. The van der Waals surface area contributed by atoms with E-state index in [2.05, 4.69) is 11.4 Å². The van der Waals surface area contributed by atoms with Gasteiger partial charge in [0, 0.05) is 11.8 Å². The molecule has 1 rings (SSSR count). The maximum Gasteiger partial charge on any atom is 0.282 e. The zero-order valence-corrected chi connectivity index (χ0v) is 9.53. The van der Waals surface area contributed by atoms with Gasteiger partial charge in [-0.05, 0) is 13.1 Å². The molecule has 16 heavy (non-hydrogen) atoms. The first-order chi connectivity index (χ1) is 7.69. The summed E-state index contributed by atoms with van der Waals surface area (Å²) in [5.74, 6) is 0.484. The Hall–Kier alpha value is -1.58. The highest BCUT2D eigenvalue weighted by molar-refractivity contribution is 7.99. The molecule has 5 nitrogen and oxygen atoms in total. The van der Waals surface area contributed by atoms with Crippen molar-refractivity contribution < 1.29 is 4.92 Å². The van der Waals surface area contributed by atoms with Crippen LogP contribution in [-0.4, -0.2) is 23.8 Å². The van der Waals surface area contributed by atoms with Crippen LogP contribution in [0.4, 0.5) is 5.69 Å². The minimum atomic E-state index is -0.414. The smallest absolute Gasteiger partial charge is 0.282 e. The van der Waals surface area contributed by atoms with E-state index in [-0.39, 0.29) is 11.7 Å². The van der Waals surface area contributed by atoms with Gasteiger partial charge in [-0.1, -0.05) is 12.1 Å². The van der Waals surface area contributed by atoms with Gasteiger partial charge < -0.3 is 5.32 Å². The standard InChI is InChI=1S/C10H11N3O2S/c1-12-8(6-11)7-16-10-5-3-2-4-9(10)13(14)15/h2-5,8,12H,7H2,1H3. The number of nitrogens with one attached hydrogen (secondary N) is 1. The molecule has 1 aromatic carbocycles. The molecule has 0 aliphatic rings. The van der Waals surface area contributed by atoms with Crippen molar-refractivity contribution >= 4 is 17.4 Å². The van der Waals surface area contributed by atoms with Crippen LogP contribution in [-0.2, 0) is 0 Å². The van der Waals surface area contributed by atoms with Gasteiger partial charge in [-0.15, -0.1) is 11.8 Å². The largest absolute Gasteiger partial charge is 0.304 e. The Balaban J connectivity index is 2.74. The predicted molar refractivity (Wildman–Crippen MR) is 62.3 cm³/mol. The fourth-order valence-corrected chi connectivity index (χ4v) is 2.14. The summed E-state index contributed by atoms with van der Waals surface area (Å²) >= 11 is 1.31. The SMILES string of the molecule is CNC(C#N)CSc1ccccc1[N+](=O)[O-]. The lowest BCUT2D eigenvalue weighted by Gasteiger charge is -2.06. The van der Waals surface area contributed by atoms with E-state index in [4.69, 9.17) is 5.26 Å². The lowest BCUT2D eigenvalue weighted by atomic mass is 10.3. The Morgan fingerprint density at radius 3 is 2.88 bits per heavy atom. The van der Waals surface area contributed by atoms with Gasteiger partial charge >= 0.3 is 0 Å². The first-order valence-electron chi connectivity index (χ1n) is 4.62. The van der Waals surface area contributed by atoms with E-state index in [0.717, 1.165) is 0 Å². The molecule has 0 amide bonds. The van der Waals surface area contributed by atoms with Gasteiger partial charge in [0.1, 0.15) is 6.04 Å². The topological polar surface area (TPSA) is 79.0 Å². The first kappa shape index (κ1) is 12.5. The number of nitrogens with zero attached hydrogens (tertiary/aromatic N) is 2. The van der Waals surface area contributed by atoms with Crippen LogP contribution < -0.4 is 5.32 Å². The minimum absolute atomic E-state index is 0.0836. The molecule has 1 N–H and O–H groups in total. The monoisotopic (exact) mass is 237 g/mol. The molecular weight excluding hydrogens is 226 g/mol. The second-order valence-electron chi connectivity index (χ2n) is 3.01. The first-order valence-corrected chi connectivity index (χ1v) is 5.60. The summed E-state index contributed by atoms with van der Waals surface area (Å²) < 4.78 is 0. The molecule has 0 aliphatic carbocycles. The summed E-state index contributed by atoms with van der Waals surface area (Å²) in [7, 11) is 1.69. The predicted octanol–water partition coefficient (Wildman–Crippen LogP) is 1.80. The molecule has 0 aromatic heterocycles. The summed E-state index contributed by atoms with van der Waals surface area (Å²) in [6, 6.07) is 8.29. The van der Waals surface area contributed by atoms with Crippen LogP contribution in [0.3, 0.4) is 0 Å². The molecule has 1 aromatic rings. The van der Waals surface area contributed by atoms with Crippen molar-refractivity contribution in [2.75, 3.05) is 12.8 Å². The Labute approximate surface area is 97.6 Å². The molecule has 0 saturated carbocycles. The zero-order chi connectivity index (χ0) is 12.0. The molecule has 0 bridgehead atoms. The third kappa shape index (κ3) is 3.22. The molecule has 6 heteroatoms. The Kier molecular flexibility index (Phi) is 4.76. The number of nitriles is 1. The van der Waals surface area contributed by atoms with Crippen LogP contribution >= 0.6 is 11.8 Å². The average Bonchev–Trinajstić information content (AvgIpc) is 2.30. The summed E-state index contributed by atoms with van der Waals surface area (Å²) in [4.78, 5) is 10.9. The van der Waals surface area contributed by atoms with Gasteiger partial charge in [-0.25, -0.2) is 0 Å². The van der Waals surface area contributed by atoms with Crippen molar-refractivity contribution in [1.29, 1.82) is 5.26 Å². The Bertz CT molecular complexity index is 417. The van der Waals surface area contributed by atoms with Crippen LogP contribution in [0, 0.1) is 21.4 Å². The fraction of sp³-hybridized carbons (Fsp3) is 0.300. The zero-order valence-electron chi connectivity index (χ0n) is 8.71. The van der Waals surface area contributed by atoms with Crippen LogP contribution in [0.1, 0.15) is 0 Å². The molecule has 1 atom stereocenters. The van der Waals surface area contributed by atoms with Crippen molar-refractivity contribution in [3.8, 4) is 6.07 Å². The Morgan fingerprint density at radius 2 is 2.31 bits per heavy atom. The third-order valence-electron chi connectivity index (χ3n) is 1.97. The molecule has 0 heterocycles. The van der Waals surface area contributed by atoms with Crippen LogP contribution in [0.15, 0.2) is 29.2 Å². The number of thioether (sulfide) groups is 1. The number of hydrogen-bond donors (Lipinski definition) is 1. The van der Waals surface area contributed by atoms with Gasteiger partial charge in [-0.3, -0.25) is 10.1 Å². The quantitative estimate of drug-likeness (QED) is 0.480. The number of nitro groups is 1. The highest BCUT2D eigenvalue weighted by Gasteiger charge is 2.14. The van der Waals surface area contributed by atoms with E-state index in [0.29, 0.717) is 10.6 Å². The van der Waals surface area contributed by atoms with Crippen molar-refractivity contribution in [3.63, 3.8) is 0 Å². The van der Waals surface area contributed by atoms with E-state index in [1.807, 2.05) is 0 Å². The van der Waals surface area contributed by atoms with Gasteiger partial charge in [0.2, 0.25) is 0 Å². The molecule has 84 valence electrons. The minimum Gasteiger partial charge on any atom is -0.304 e. The van der Waals surface area contributed by atoms with E-state index in [1.165, 1.54) is 17.8 Å². The van der Waals surface area contributed by atoms with E-state index in [9.17, 15) is 10.1 Å². The fourth-order valence-electron chi connectivity index (χ4n) is 1.09. The number of para-hydroxylation sites is 1. The van der Waals surface area contributed by atoms with Gasteiger partial charge in [-0.2, -0.15) is 5.26 Å². The van der Waals surface area contributed by atoms with Crippen molar-refractivity contribution in [3.05, 3.63) is 34.4 Å². The lowest BCUT2D eigenvalue weighted by Crippen LogP contribution is -2.25. The molecule has 0 saturated heterocycles. The molecular formula is C10H11N3O2S. The maximum absolute atomic E-state index is 10.7. The third-order valence-corrected chi connectivity index (χ3v) is 3.13. The Morgan fingerprint density at radius 1 is 1.62 bits per heavy atom. The summed E-state index contributed by atoms with van der Waals surface area (Å²) in [5.41, 5.74) is 0.0836. The number of rotatable bonds is 5. The van der Waals surface area contributed by atoms with Crippen LogP contribution in [0.2, 0.25) is 0 Å². The van der Waals surface area contributed by atoms with Crippen LogP contribution in [0.5, 0.6) is 0 Å². The number of hydrogen-bond acceptors (Lipinski definition) is 5. The maximum atomic E-state index is 10.7. The normalized spacial score (nSPS) is 11.8. The average molecular weight is 237 g/mol. The summed E-state index contributed by atoms with van der Waals surface area (Å²) in [5, 5.41) is 22.3. The van der Waals surface area contributed by atoms with Gasteiger partial charge in [0.15, 0.2) is 0 Å². The van der Waals surface area contributed by atoms with Crippen molar-refractivity contribution in [2.45, 2.75) is 10.9 Å². The molecule has 0 spiro atoms. The lowest BCUT2D eigenvalue weighted by molar-refractivity contribution is -0.387. The molecule has 0 aliphatic heterocycles. The van der Waals surface area contributed by atoms with Crippen LogP contribution in [0.25, 0.3) is 0 Å². The van der Waals surface area contributed by atoms with Gasteiger partial charge in [0.25, 0.3) is 5.69 Å². The van der Waals surface area contributed by atoms with Gasteiger partial charge in [0.05, 0.1) is 15.9 Å². The molecule has 0 radical (unpaired) electrons. The van der Waals surface area contributed by atoms with E-state index < -0.39 is 4.92 Å². The second kappa shape index (κ2) is 6.10.